The van der Waals surface area contributed by atoms with Crippen LogP contribution in [-0.4, -0.2) is 64.2 Å². The van der Waals surface area contributed by atoms with Gasteiger partial charge in [0, 0.05) is 66.6 Å². The number of fused-ring (bicyclic) bond motifs is 2. The fourth-order valence-corrected chi connectivity index (χ4v) is 5.21. The maximum Gasteiger partial charge on any atom is 0.255 e. The van der Waals surface area contributed by atoms with Gasteiger partial charge in [0.05, 0.1) is 17.8 Å². The zero-order valence-electron chi connectivity index (χ0n) is 19.1. The molecule has 1 saturated heterocycles. The van der Waals surface area contributed by atoms with Crippen LogP contribution in [0.1, 0.15) is 27.7 Å². The van der Waals surface area contributed by atoms with Crippen LogP contribution in [-0.2, 0) is 6.54 Å². The van der Waals surface area contributed by atoms with Gasteiger partial charge in [0.15, 0.2) is 0 Å². The third-order valence-corrected chi connectivity index (χ3v) is 6.73. The van der Waals surface area contributed by atoms with E-state index in [0.29, 0.717) is 6.54 Å². The summed E-state index contributed by atoms with van der Waals surface area (Å²) in [7, 11) is 2.17. The van der Waals surface area contributed by atoms with Gasteiger partial charge in [0.2, 0.25) is 5.95 Å². The van der Waals surface area contributed by atoms with Crippen molar-refractivity contribution in [2.45, 2.75) is 45.8 Å². The third kappa shape index (κ3) is 3.31. The molecule has 1 aromatic carbocycles. The van der Waals surface area contributed by atoms with E-state index >= 15 is 0 Å². The number of aromatic nitrogens is 3. The number of likely N-dealkylation sites (N-methyl/N-ethyl adjacent to an activating group) is 1. The van der Waals surface area contributed by atoms with Crippen LogP contribution >= 0.6 is 0 Å². The molecule has 1 fully saturated rings. The molecule has 2 aliphatic rings. The topological polar surface area (TPSA) is 60.4 Å². The molecule has 0 spiro atoms. The molecule has 0 amide bonds. The number of nitrogens with one attached hydrogen (secondary N) is 1. The molecule has 5 rings (SSSR count). The normalized spacial score (nSPS) is 18.9. The Labute approximate surface area is 183 Å². The highest BCUT2D eigenvalue weighted by atomic mass is 16.1. The van der Waals surface area contributed by atoms with Crippen LogP contribution in [0, 0.1) is 0 Å². The maximum atomic E-state index is 13.0. The molecule has 7 nitrogen and oxygen atoms in total. The summed E-state index contributed by atoms with van der Waals surface area (Å²) in [6.07, 6.45) is 1.98. The quantitative estimate of drug-likeness (QED) is 0.705. The molecular weight excluding hydrogens is 388 g/mol. The van der Waals surface area contributed by atoms with Gasteiger partial charge in [-0.15, -0.1) is 0 Å². The molecule has 0 unspecified atom stereocenters. The first kappa shape index (κ1) is 20.1. The van der Waals surface area contributed by atoms with E-state index in [4.69, 9.17) is 4.98 Å². The summed E-state index contributed by atoms with van der Waals surface area (Å²) in [5, 5.41) is 1.11. The minimum Gasteiger partial charge on any atom is -0.369 e. The van der Waals surface area contributed by atoms with Crippen molar-refractivity contribution in [3.63, 3.8) is 0 Å². The summed E-state index contributed by atoms with van der Waals surface area (Å²) in [6, 6.07) is 8.51. The van der Waals surface area contributed by atoms with E-state index in [0.717, 1.165) is 54.3 Å². The largest absolute Gasteiger partial charge is 0.369 e. The maximum absolute atomic E-state index is 13.0. The molecule has 3 aromatic rings. The second-order valence-corrected chi connectivity index (χ2v) is 9.86. The van der Waals surface area contributed by atoms with Gasteiger partial charge in [-0.1, -0.05) is 0 Å². The average molecular weight is 421 g/mol. The lowest BCUT2D eigenvalue weighted by Crippen LogP contribution is -2.45. The zero-order valence-corrected chi connectivity index (χ0v) is 19.1. The van der Waals surface area contributed by atoms with Crippen molar-refractivity contribution in [3.05, 3.63) is 40.8 Å². The first-order chi connectivity index (χ1) is 14.7. The lowest BCUT2D eigenvalue weighted by atomic mass is 10.0. The molecule has 0 atom stereocenters. The van der Waals surface area contributed by atoms with E-state index in [-0.39, 0.29) is 17.1 Å². The Kier molecular flexibility index (Phi) is 4.62. The van der Waals surface area contributed by atoms with Gasteiger partial charge >= 0.3 is 0 Å². The van der Waals surface area contributed by atoms with Crippen molar-refractivity contribution in [1.29, 1.82) is 0 Å². The lowest BCUT2D eigenvalue weighted by molar-refractivity contribution is 0.313. The van der Waals surface area contributed by atoms with Crippen LogP contribution in [0.5, 0.6) is 0 Å². The van der Waals surface area contributed by atoms with Crippen LogP contribution in [0.3, 0.4) is 0 Å². The van der Waals surface area contributed by atoms with Gasteiger partial charge in [-0.25, -0.2) is 4.98 Å². The molecule has 0 radical (unpaired) electrons. The molecular formula is C24H32N6O. The van der Waals surface area contributed by atoms with Gasteiger partial charge in [-0.05, 0) is 52.9 Å². The Bertz CT molecular complexity index is 1180. The molecule has 0 aliphatic carbocycles. The molecule has 2 aromatic heterocycles. The number of nitrogens with zero attached hydrogens (tertiary/aromatic N) is 5. The Morgan fingerprint density at radius 1 is 1.10 bits per heavy atom. The molecule has 1 N–H and O–H groups in total. The summed E-state index contributed by atoms with van der Waals surface area (Å²) >= 11 is 0. The van der Waals surface area contributed by atoms with E-state index in [1.54, 1.807) is 6.07 Å². The van der Waals surface area contributed by atoms with Crippen LogP contribution in [0.4, 0.5) is 11.6 Å². The first-order valence-electron chi connectivity index (χ1n) is 11.2. The van der Waals surface area contributed by atoms with E-state index in [9.17, 15) is 4.79 Å². The summed E-state index contributed by atoms with van der Waals surface area (Å²) in [5.41, 5.74) is 3.89. The van der Waals surface area contributed by atoms with E-state index in [1.165, 1.54) is 5.69 Å². The highest BCUT2D eigenvalue weighted by Crippen LogP contribution is 2.36. The number of benzene rings is 1. The highest BCUT2D eigenvalue weighted by molar-refractivity contribution is 5.96. The van der Waals surface area contributed by atoms with E-state index in [2.05, 4.69) is 72.6 Å². The zero-order chi connectivity index (χ0) is 21.9. The molecule has 4 heterocycles. The number of hydrogen-bond acceptors (Lipinski definition) is 5. The summed E-state index contributed by atoms with van der Waals surface area (Å²) in [4.78, 5) is 28.5. The molecule has 7 heteroatoms. The third-order valence-electron chi connectivity index (χ3n) is 6.73. The second kappa shape index (κ2) is 7.12. The summed E-state index contributed by atoms with van der Waals surface area (Å²) in [5.74, 6) is 0.770. The Morgan fingerprint density at radius 2 is 1.84 bits per heavy atom. The average Bonchev–Trinajstić information content (AvgIpc) is 3.25. The van der Waals surface area contributed by atoms with Gasteiger partial charge < -0.3 is 19.7 Å². The van der Waals surface area contributed by atoms with Crippen molar-refractivity contribution in [2.75, 3.05) is 43.0 Å². The standard InChI is InChI=1S/C24H32N6O/c1-16(2)30-23-26-21(13-22(31)29(23)15-24(30,3)4)19-14-25-20-7-6-17(12-18(19)20)28-10-8-27(5)9-11-28/h6-7,12-14,16,25H,8-11,15H2,1-5H3. The van der Waals surface area contributed by atoms with Crippen molar-refractivity contribution < 1.29 is 0 Å². The summed E-state index contributed by atoms with van der Waals surface area (Å²) < 4.78 is 1.81. The van der Waals surface area contributed by atoms with Gasteiger partial charge in [-0.3, -0.25) is 9.36 Å². The number of anilines is 2. The minimum atomic E-state index is -0.138. The highest BCUT2D eigenvalue weighted by Gasteiger charge is 2.39. The summed E-state index contributed by atoms with van der Waals surface area (Å²) in [6.45, 7) is 13.5. The number of piperazine rings is 1. The molecule has 31 heavy (non-hydrogen) atoms. The monoisotopic (exact) mass is 420 g/mol. The molecule has 2 aliphatic heterocycles. The molecule has 164 valence electrons. The SMILES string of the molecule is CC(C)N1c2nc(-c3c[nH]c4ccc(N5CCN(C)CC5)cc34)cc(=O)n2CC1(C)C. The van der Waals surface area contributed by atoms with Crippen molar-refractivity contribution >= 4 is 22.5 Å². The Hall–Kier alpha value is -2.80. The number of aromatic amines is 1. The van der Waals surface area contributed by atoms with Crippen molar-refractivity contribution in [3.8, 4) is 11.3 Å². The lowest BCUT2D eigenvalue weighted by Gasteiger charge is -2.35. The van der Waals surface area contributed by atoms with Crippen LogP contribution in [0.25, 0.3) is 22.2 Å². The van der Waals surface area contributed by atoms with Crippen LogP contribution in [0.2, 0.25) is 0 Å². The smallest absolute Gasteiger partial charge is 0.255 e. The molecule has 0 bridgehead atoms. The van der Waals surface area contributed by atoms with Gasteiger partial charge in [0.1, 0.15) is 0 Å². The first-order valence-corrected chi connectivity index (χ1v) is 11.2. The second-order valence-electron chi connectivity index (χ2n) is 9.86. The Balaban J connectivity index is 1.59. The predicted octanol–water partition coefficient (Wildman–Crippen LogP) is 3.15. The van der Waals surface area contributed by atoms with Crippen molar-refractivity contribution in [2.24, 2.45) is 0 Å². The van der Waals surface area contributed by atoms with E-state index in [1.807, 2.05) is 10.8 Å². The minimum absolute atomic E-state index is 0.0146. The van der Waals surface area contributed by atoms with Crippen LogP contribution in [0.15, 0.2) is 35.3 Å². The number of hydrogen-bond donors (Lipinski definition) is 1. The Morgan fingerprint density at radius 3 is 2.55 bits per heavy atom. The van der Waals surface area contributed by atoms with Gasteiger partial charge in [0.25, 0.3) is 5.56 Å². The number of rotatable bonds is 3. The fourth-order valence-electron chi connectivity index (χ4n) is 5.21. The fraction of sp³-hybridized carbons (Fsp3) is 0.500. The van der Waals surface area contributed by atoms with E-state index < -0.39 is 0 Å². The van der Waals surface area contributed by atoms with Gasteiger partial charge in [-0.2, -0.15) is 0 Å². The molecule has 0 saturated carbocycles. The van der Waals surface area contributed by atoms with Crippen LogP contribution < -0.4 is 15.4 Å². The van der Waals surface area contributed by atoms with Crippen molar-refractivity contribution in [1.82, 2.24) is 19.4 Å². The number of H-pyrrole nitrogens is 1. The predicted molar refractivity (Wildman–Crippen MR) is 127 cm³/mol.